The van der Waals surface area contributed by atoms with E-state index in [9.17, 15) is 4.79 Å². The van der Waals surface area contributed by atoms with E-state index in [4.69, 9.17) is 15.7 Å². The SMILES string of the molecule is CCONC(CN)CC(=O)O.[MgH2]. The van der Waals surface area contributed by atoms with Crippen molar-refractivity contribution in [2.45, 2.75) is 19.4 Å². The lowest BCUT2D eigenvalue weighted by molar-refractivity contribution is -0.138. The molecule has 0 bridgehead atoms. The maximum Gasteiger partial charge on any atom is 0.316 e. The lowest BCUT2D eigenvalue weighted by Gasteiger charge is -2.12. The van der Waals surface area contributed by atoms with Crippen LogP contribution in [0.3, 0.4) is 0 Å². The second-order valence-corrected chi connectivity index (χ2v) is 2.08. The Morgan fingerprint density at radius 3 is 2.67 bits per heavy atom. The number of nitrogens with two attached hydrogens (primary N) is 1. The van der Waals surface area contributed by atoms with Gasteiger partial charge in [0.1, 0.15) is 0 Å². The molecule has 0 aromatic rings. The molecular weight excluding hydrogens is 172 g/mol. The van der Waals surface area contributed by atoms with Crippen molar-refractivity contribution in [2.75, 3.05) is 13.2 Å². The lowest BCUT2D eigenvalue weighted by Crippen LogP contribution is -2.37. The first-order valence-corrected chi connectivity index (χ1v) is 3.49. The van der Waals surface area contributed by atoms with E-state index in [1.807, 2.05) is 0 Å². The monoisotopic (exact) mass is 188 g/mol. The van der Waals surface area contributed by atoms with E-state index in [0.717, 1.165) is 0 Å². The third-order valence-electron chi connectivity index (χ3n) is 1.10. The average Bonchev–Trinajstić information content (AvgIpc) is 1.97. The molecule has 0 spiro atoms. The molecule has 70 valence electrons. The molecule has 0 aromatic carbocycles. The predicted molar refractivity (Wildman–Crippen MR) is 48.4 cm³/mol. The first-order chi connectivity index (χ1) is 5.20. The molecule has 1 atom stereocenters. The Balaban J connectivity index is 0. The van der Waals surface area contributed by atoms with Gasteiger partial charge in [0.05, 0.1) is 19.1 Å². The molecule has 0 aromatic heterocycles. The molecule has 1 unspecified atom stereocenters. The molecule has 0 radical (unpaired) electrons. The van der Waals surface area contributed by atoms with Crippen LogP contribution in [-0.4, -0.2) is 53.3 Å². The van der Waals surface area contributed by atoms with Crippen molar-refractivity contribution < 1.29 is 14.7 Å². The van der Waals surface area contributed by atoms with E-state index in [1.165, 1.54) is 0 Å². The van der Waals surface area contributed by atoms with Gasteiger partial charge < -0.3 is 15.7 Å². The van der Waals surface area contributed by atoms with Crippen LogP contribution in [0.15, 0.2) is 0 Å². The van der Waals surface area contributed by atoms with Crippen LogP contribution in [0, 0.1) is 0 Å². The van der Waals surface area contributed by atoms with Crippen LogP contribution in [-0.2, 0) is 9.63 Å². The van der Waals surface area contributed by atoms with E-state index in [2.05, 4.69) is 5.48 Å². The molecule has 0 aliphatic carbocycles. The predicted octanol–water partition coefficient (Wildman–Crippen LogP) is -1.59. The van der Waals surface area contributed by atoms with Crippen molar-refractivity contribution >= 4 is 29.0 Å². The molecule has 0 saturated heterocycles. The van der Waals surface area contributed by atoms with Crippen molar-refractivity contribution in [3.8, 4) is 0 Å². The Morgan fingerprint density at radius 2 is 2.33 bits per heavy atom. The van der Waals surface area contributed by atoms with Crippen LogP contribution in [0.25, 0.3) is 0 Å². The first-order valence-electron chi connectivity index (χ1n) is 3.49. The summed E-state index contributed by atoms with van der Waals surface area (Å²) in [4.78, 5) is 15.0. The minimum atomic E-state index is -0.882. The molecule has 0 aliphatic heterocycles. The number of carbonyl (C=O) groups is 1. The van der Waals surface area contributed by atoms with Crippen LogP contribution >= 0.6 is 0 Å². The summed E-state index contributed by atoms with van der Waals surface area (Å²) in [5, 5.41) is 8.36. The normalized spacial score (nSPS) is 11.8. The van der Waals surface area contributed by atoms with Crippen LogP contribution in [0.1, 0.15) is 13.3 Å². The number of rotatable bonds is 6. The van der Waals surface area contributed by atoms with E-state index < -0.39 is 5.97 Å². The molecular formula is C6H16MgN2O3. The number of hydroxylamine groups is 1. The fraction of sp³-hybridized carbons (Fsp3) is 0.833. The molecule has 0 amide bonds. The number of hydrogen-bond donors (Lipinski definition) is 3. The summed E-state index contributed by atoms with van der Waals surface area (Å²) in [6, 6.07) is -0.299. The van der Waals surface area contributed by atoms with E-state index >= 15 is 0 Å². The summed E-state index contributed by atoms with van der Waals surface area (Å²) in [6.45, 7) is 2.56. The Morgan fingerprint density at radius 1 is 1.75 bits per heavy atom. The Bertz CT molecular complexity index is 123. The molecule has 5 nitrogen and oxygen atoms in total. The standard InChI is InChI=1S/C6H14N2O3.Mg.2H/c1-2-11-8-5(4-7)3-6(9)10;;;/h5,8H,2-4,7H2,1H3,(H,9,10);;;. The maximum atomic E-state index is 10.2. The van der Waals surface area contributed by atoms with Gasteiger partial charge in [-0.2, -0.15) is 5.48 Å². The van der Waals surface area contributed by atoms with Crippen LogP contribution in [0.2, 0.25) is 0 Å². The topological polar surface area (TPSA) is 84.6 Å². The summed E-state index contributed by atoms with van der Waals surface area (Å²) in [5.41, 5.74) is 7.80. The van der Waals surface area contributed by atoms with Gasteiger partial charge in [-0.25, -0.2) is 0 Å². The van der Waals surface area contributed by atoms with Crippen molar-refractivity contribution in [3.63, 3.8) is 0 Å². The first kappa shape index (κ1) is 14.6. The van der Waals surface area contributed by atoms with Gasteiger partial charge in [0.25, 0.3) is 0 Å². The summed E-state index contributed by atoms with van der Waals surface area (Å²) >= 11 is 0. The molecule has 6 heteroatoms. The third kappa shape index (κ3) is 8.22. The van der Waals surface area contributed by atoms with Crippen molar-refractivity contribution in [3.05, 3.63) is 0 Å². The number of carboxylic acids is 1. The van der Waals surface area contributed by atoms with Crippen molar-refractivity contribution in [1.82, 2.24) is 5.48 Å². The smallest absolute Gasteiger partial charge is 0.316 e. The van der Waals surface area contributed by atoms with Crippen molar-refractivity contribution in [2.24, 2.45) is 5.73 Å². The van der Waals surface area contributed by atoms with Crippen LogP contribution in [0.4, 0.5) is 0 Å². The largest absolute Gasteiger partial charge is 0.481 e. The highest BCUT2D eigenvalue weighted by Gasteiger charge is 2.09. The lowest BCUT2D eigenvalue weighted by atomic mass is 10.2. The molecule has 0 heterocycles. The second-order valence-electron chi connectivity index (χ2n) is 2.08. The van der Waals surface area contributed by atoms with Gasteiger partial charge in [0.15, 0.2) is 0 Å². The van der Waals surface area contributed by atoms with Crippen LogP contribution in [0.5, 0.6) is 0 Å². The summed E-state index contributed by atoms with van der Waals surface area (Å²) in [7, 11) is 0. The Labute approximate surface area is 87.7 Å². The van der Waals surface area contributed by atoms with Gasteiger partial charge in [-0.3, -0.25) is 4.79 Å². The fourth-order valence-corrected chi connectivity index (χ4v) is 0.585. The minimum Gasteiger partial charge on any atom is -0.481 e. The fourth-order valence-electron chi connectivity index (χ4n) is 0.585. The molecule has 0 aliphatic rings. The van der Waals surface area contributed by atoms with Gasteiger partial charge in [-0.15, -0.1) is 0 Å². The maximum absolute atomic E-state index is 10.2. The zero-order chi connectivity index (χ0) is 8.69. The number of carboxylic acid groups (broad SMARTS) is 1. The Kier molecular flexibility index (Phi) is 11.2. The number of hydrogen-bond acceptors (Lipinski definition) is 4. The summed E-state index contributed by atoms with van der Waals surface area (Å²) in [5.74, 6) is -0.882. The molecule has 0 rings (SSSR count). The molecule has 0 fully saturated rings. The van der Waals surface area contributed by atoms with Gasteiger partial charge in [-0.05, 0) is 6.92 Å². The third-order valence-corrected chi connectivity index (χ3v) is 1.10. The molecule has 4 N–H and O–H groups in total. The van der Waals surface area contributed by atoms with Gasteiger partial charge in [0.2, 0.25) is 0 Å². The van der Waals surface area contributed by atoms with Crippen molar-refractivity contribution in [1.29, 1.82) is 0 Å². The highest BCUT2D eigenvalue weighted by molar-refractivity contribution is 5.75. The Hall–Kier alpha value is 0.116. The second kappa shape index (κ2) is 9.21. The number of nitrogens with one attached hydrogen (secondary N) is 1. The average molecular weight is 189 g/mol. The molecule has 12 heavy (non-hydrogen) atoms. The highest BCUT2D eigenvalue weighted by atomic mass is 24.3. The highest BCUT2D eigenvalue weighted by Crippen LogP contribution is 1.88. The van der Waals surface area contributed by atoms with E-state index in [0.29, 0.717) is 6.61 Å². The summed E-state index contributed by atoms with van der Waals surface area (Å²) in [6.07, 6.45) is -0.0174. The van der Waals surface area contributed by atoms with Gasteiger partial charge >= 0.3 is 29.0 Å². The van der Waals surface area contributed by atoms with Crippen LogP contribution < -0.4 is 11.2 Å². The quantitative estimate of drug-likeness (QED) is 0.346. The number of aliphatic carboxylic acids is 1. The zero-order valence-corrected chi connectivity index (χ0v) is 6.54. The van der Waals surface area contributed by atoms with E-state index in [-0.39, 0.29) is 42.1 Å². The van der Waals surface area contributed by atoms with Gasteiger partial charge in [0, 0.05) is 6.54 Å². The minimum absolute atomic E-state index is 0. The van der Waals surface area contributed by atoms with E-state index in [1.54, 1.807) is 6.92 Å². The zero-order valence-electron chi connectivity index (χ0n) is 6.54. The molecule has 0 saturated carbocycles. The summed E-state index contributed by atoms with van der Waals surface area (Å²) < 4.78 is 0. The van der Waals surface area contributed by atoms with Gasteiger partial charge in [-0.1, -0.05) is 0 Å².